The second-order valence-corrected chi connectivity index (χ2v) is 7.65. The number of ether oxygens (including phenoxy) is 1. The van der Waals surface area contributed by atoms with Crippen LogP contribution in [0.4, 0.5) is 11.8 Å². The van der Waals surface area contributed by atoms with Gasteiger partial charge in [-0.15, -0.1) is 0 Å². The quantitative estimate of drug-likeness (QED) is 0.519. The van der Waals surface area contributed by atoms with E-state index >= 15 is 0 Å². The van der Waals surface area contributed by atoms with Crippen LogP contribution >= 0.6 is 11.6 Å². The number of rotatable bonds is 6. The van der Waals surface area contributed by atoms with Crippen molar-refractivity contribution in [1.82, 2.24) is 15.0 Å². The number of hydrogen-bond donors (Lipinski definition) is 3. The van der Waals surface area contributed by atoms with Crippen molar-refractivity contribution in [3.05, 3.63) is 23.0 Å². The summed E-state index contributed by atoms with van der Waals surface area (Å²) in [7, 11) is 3.33. The molecular weight excluding hydrogens is 394 g/mol. The fourth-order valence-electron chi connectivity index (χ4n) is 3.84. The number of hydrogen-bond acceptors (Lipinski definition) is 8. The van der Waals surface area contributed by atoms with E-state index in [2.05, 4.69) is 25.6 Å². The number of furan rings is 1. The van der Waals surface area contributed by atoms with Gasteiger partial charge in [0.05, 0.1) is 18.4 Å². The third-order valence-electron chi connectivity index (χ3n) is 5.33. The van der Waals surface area contributed by atoms with E-state index in [1.54, 1.807) is 14.2 Å². The van der Waals surface area contributed by atoms with Crippen molar-refractivity contribution in [2.45, 2.75) is 32.2 Å². The van der Waals surface area contributed by atoms with E-state index in [1.807, 2.05) is 19.1 Å². The number of methoxy groups -OCH3 is 1. The van der Waals surface area contributed by atoms with E-state index in [-0.39, 0.29) is 12.6 Å². The molecule has 0 spiro atoms. The van der Waals surface area contributed by atoms with Crippen LogP contribution in [0.15, 0.2) is 16.5 Å². The molecule has 3 aromatic heterocycles. The van der Waals surface area contributed by atoms with E-state index in [0.717, 1.165) is 30.3 Å². The number of nitrogens with one attached hydrogen (secondary N) is 2. The summed E-state index contributed by atoms with van der Waals surface area (Å²) in [4.78, 5) is 13.3. The Labute approximate surface area is 173 Å². The lowest BCUT2D eigenvalue weighted by atomic mass is 10.1. The molecule has 2 atom stereocenters. The average molecular weight is 418 g/mol. The smallest absolute Gasteiger partial charge is 0.225 e. The molecule has 1 fully saturated rings. The highest BCUT2D eigenvalue weighted by Crippen LogP contribution is 2.39. The van der Waals surface area contributed by atoms with Gasteiger partial charge in [0.1, 0.15) is 16.7 Å². The SMILES string of the molecule is CNc1nc(Cl)c(-c2cc3cc(OC)nc(C)c3o2)c(N[C@H]2CC[C@@H](CO)C2)n1. The minimum absolute atomic E-state index is 0.203. The van der Waals surface area contributed by atoms with Crippen molar-refractivity contribution >= 4 is 34.3 Å². The number of halogens is 1. The van der Waals surface area contributed by atoms with E-state index < -0.39 is 0 Å². The van der Waals surface area contributed by atoms with Crippen LogP contribution in [0, 0.1) is 12.8 Å². The van der Waals surface area contributed by atoms with E-state index in [0.29, 0.717) is 45.6 Å². The minimum atomic E-state index is 0.203. The summed E-state index contributed by atoms with van der Waals surface area (Å²) in [5.74, 6) is 2.42. The molecule has 3 N–H and O–H groups in total. The summed E-state index contributed by atoms with van der Waals surface area (Å²) in [5, 5.41) is 17.0. The van der Waals surface area contributed by atoms with Gasteiger partial charge in [0.25, 0.3) is 0 Å². The first-order valence-corrected chi connectivity index (χ1v) is 9.98. The van der Waals surface area contributed by atoms with Gasteiger partial charge in [-0.2, -0.15) is 4.98 Å². The number of aromatic nitrogens is 3. The Morgan fingerprint density at radius 2 is 2.10 bits per heavy atom. The Morgan fingerprint density at radius 1 is 1.28 bits per heavy atom. The highest BCUT2D eigenvalue weighted by Gasteiger charge is 2.27. The number of pyridine rings is 1. The molecule has 1 aliphatic rings. The van der Waals surface area contributed by atoms with Crippen molar-refractivity contribution < 1.29 is 14.3 Å². The van der Waals surface area contributed by atoms with E-state index in [1.165, 1.54) is 0 Å². The lowest BCUT2D eigenvalue weighted by molar-refractivity contribution is 0.229. The molecule has 4 rings (SSSR count). The zero-order chi connectivity index (χ0) is 20.5. The monoisotopic (exact) mass is 417 g/mol. The van der Waals surface area contributed by atoms with E-state index in [9.17, 15) is 5.11 Å². The third kappa shape index (κ3) is 3.82. The van der Waals surface area contributed by atoms with Crippen molar-refractivity contribution in [3.63, 3.8) is 0 Å². The van der Waals surface area contributed by atoms with Crippen LogP contribution in [-0.2, 0) is 0 Å². The van der Waals surface area contributed by atoms with E-state index in [4.69, 9.17) is 20.8 Å². The van der Waals surface area contributed by atoms with Crippen LogP contribution in [0.1, 0.15) is 25.0 Å². The Balaban J connectivity index is 1.78. The van der Waals surface area contributed by atoms with Gasteiger partial charge in [0, 0.05) is 31.1 Å². The van der Waals surface area contributed by atoms with Crippen molar-refractivity contribution in [3.8, 4) is 17.2 Å². The molecule has 0 unspecified atom stereocenters. The van der Waals surface area contributed by atoms with Crippen LogP contribution in [0.3, 0.4) is 0 Å². The summed E-state index contributed by atoms with van der Waals surface area (Å²) >= 11 is 6.54. The normalized spacial score (nSPS) is 18.9. The summed E-state index contributed by atoms with van der Waals surface area (Å²) in [5.41, 5.74) is 2.00. The predicted octanol–water partition coefficient (Wildman–Crippen LogP) is 3.87. The lowest BCUT2D eigenvalue weighted by Gasteiger charge is -2.17. The fourth-order valence-corrected chi connectivity index (χ4v) is 4.10. The molecule has 9 heteroatoms. The van der Waals surface area contributed by atoms with Gasteiger partial charge in [-0.1, -0.05) is 11.6 Å². The lowest BCUT2D eigenvalue weighted by Crippen LogP contribution is -2.18. The maximum absolute atomic E-state index is 9.44. The second-order valence-electron chi connectivity index (χ2n) is 7.29. The number of aryl methyl sites for hydroxylation is 1. The Kier molecular flexibility index (Phi) is 5.47. The Morgan fingerprint density at radius 3 is 2.79 bits per heavy atom. The minimum Gasteiger partial charge on any atom is -0.481 e. The standard InChI is InChI=1S/C20H24ClN5O3/c1-10-17-12(8-15(23-10)28-3)7-14(29-17)16-18(21)25-20(22-2)26-19(16)24-13-5-4-11(6-13)9-27/h7-8,11,13,27H,4-6,9H2,1-3H3,(H2,22,24,25,26)/t11-,13+/m1/s1. The van der Waals surface area contributed by atoms with Gasteiger partial charge >= 0.3 is 0 Å². The molecule has 0 saturated heterocycles. The molecule has 3 aromatic rings. The molecule has 1 aliphatic carbocycles. The van der Waals surface area contributed by atoms with Crippen LogP contribution in [0.25, 0.3) is 22.3 Å². The summed E-state index contributed by atoms with van der Waals surface area (Å²) in [6.45, 7) is 2.07. The molecule has 29 heavy (non-hydrogen) atoms. The second kappa shape index (κ2) is 8.04. The van der Waals surface area contributed by atoms with Crippen molar-refractivity contribution in [2.24, 2.45) is 5.92 Å². The third-order valence-corrected chi connectivity index (χ3v) is 5.60. The molecular formula is C20H24ClN5O3. The fraction of sp³-hybridized carbons (Fsp3) is 0.450. The molecule has 3 heterocycles. The zero-order valence-corrected chi connectivity index (χ0v) is 17.4. The van der Waals surface area contributed by atoms with Crippen LogP contribution < -0.4 is 15.4 Å². The Bertz CT molecular complexity index is 1040. The molecule has 0 bridgehead atoms. The predicted molar refractivity (Wildman–Crippen MR) is 113 cm³/mol. The maximum Gasteiger partial charge on any atom is 0.225 e. The molecule has 0 amide bonds. The van der Waals surface area contributed by atoms with Gasteiger partial charge in [-0.3, -0.25) is 0 Å². The van der Waals surface area contributed by atoms with Gasteiger partial charge in [0.2, 0.25) is 11.8 Å². The Hall–Kier alpha value is -2.58. The molecule has 0 radical (unpaired) electrons. The molecule has 0 aromatic carbocycles. The van der Waals surface area contributed by atoms with Crippen LogP contribution in [0.2, 0.25) is 5.15 Å². The van der Waals surface area contributed by atoms with Gasteiger partial charge in [-0.05, 0) is 38.2 Å². The van der Waals surface area contributed by atoms with Gasteiger partial charge in [0.15, 0.2) is 5.58 Å². The maximum atomic E-state index is 9.44. The van der Waals surface area contributed by atoms with Crippen molar-refractivity contribution in [1.29, 1.82) is 0 Å². The zero-order valence-electron chi connectivity index (χ0n) is 16.6. The number of fused-ring (bicyclic) bond motifs is 1. The molecule has 154 valence electrons. The number of aliphatic hydroxyl groups is 1. The molecule has 8 nitrogen and oxygen atoms in total. The number of nitrogens with zero attached hydrogens (tertiary/aromatic N) is 3. The summed E-state index contributed by atoms with van der Waals surface area (Å²) in [6.07, 6.45) is 2.82. The first kappa shape index (κ1) is 19.7. The van der Waals surface area contributed by atoms with Crippen LogP contribution in [0.5, 0.6) is 5.88 Å². The first-order chi connectivity index (χ1) is 14.0. The highest BCUT2D eigenvalue weighted by molar-refractivity contribution is 6.32. The van der Waals surface area contributed by atoms with Gasteiger partial charge in [-0.25, -0.2) is 9.97 Å². The number of anilines is 2. The van der Waals surface area contributed by atoms with Crippen molar-refractivity contribution in [2.75, 3.05) is 31.4 Å². The topological polar surface area (TPSA) is 105 Å². The van der Waals surface area contributed by atoms with Gasteiger partial charge < -0.3 is 24.9 Å². The summed E-state index contributed by atoms with van der Waals surface area (Å²) < 4.78 is 11.4. The first-order valence-electron chi connectivity index (χ1n) is 9.60. The highest BCUT2D eigenvalue weighted by atomic mass is 35.5. The summed E-state index contributed by atoms with van der Waals surface area (Å²) in [6, 6.07) is 3.92. The van der Waals surface area contributed by atoms with Crippen LogP contribution in [-0.4, -0.2) is 46.9 Å². The molecule has 1 saturated carbocycles. The number of aliphatic hydroxyl groups excluding tert-OH is 1. The molecule has 0 aliphatic heterocycles. The largest absolute Gasteiger partial charge is 0.481 e. The average Bonchev–Trinajstić information content (AvgIpc) is 3.34.